The molecule has 0 radical (unpaired) electrons. The Labute approximate surface area is 170 Å². The molecule has 4 heteroatoms. The fourth-order valence-corrected chi connectivity index (χ4v) is 9.14. The van der Waals surface area contributed by atoms with Crippen LogP contribution < -0.4 is 10.4 Å². The van der Waals surface area contributed by atoms with Crippen LogP contribution in [-0.4, -0.2) is 38.8 Å². The highest BCUT2D eigenvalue weighted by atomic mass is 28.4. The zero-order chi connectivity index (χ0) is 20.2. The molecule has 0 aliphatic carbocycles. The minimum atomic E-state index is -2.47. The Hall–Kier alpha value is -1.46. The second-order valence-corrected chi connectivity index (χ2v) is 13.3. The van der Waals surface area contributed by atoms with Gasteiger partial charge < -0.3 is 14.3 Å². The van der Waals surface area contributed by atoms with Crippen molar-refractivity contribution in [1.29, 1.82) is 0 Å². The van der Waals surface area contributed by atoms with E-state index in [9.17, 15) is 5.11 Å². The third-order valence-electron chi connectivity index (χ3n) is 5.98. The molecular weight excluding hydrogens is 364 g/mol. The third-order valence-corrected chi connectivity index (χ3v) is 11.0. The topological polar surface area (TPSA) is 38.7 Å². The smallest absolute Gasteiger partial charge is 0.261 e. The average Bonchev–Trinajstić information content (AvgIpc) is 3.05. The van der Waals surface area contributed by atoms with Crippen LogP contribution in [0, 0.1) is 5.92 Å². The summed E-state index contributed by atoms with van der Waals surface area (Å²) in [5.41, 5.74) is 0. The summed E-state index contributed by atoms with van der Waals surface area (Å²) in [6.45, 7) is 9.89. The number of ether oxygens (including phenoxy) is 1. The van der Waals surface area contributed by atoms with Gasteiger partial charge >= 0.3 is 0 Å². The molecule has 0 aromatic heterocycles. The maximum Gasteiger partial charge on any atom is 0.261 e. The largest absolute Gasteiger partial charge is 0.407 e. The van der Waals surface area contributed by atoms with Gasteiger partial charge in [0.25, 0.3) is 8.32 Å². The van der Waals surface area contributed by atoms with Crippen LogP contribution in [0.5, 0.6) is 0 Å². The highest BCUT2D eigenvalue weighted by Gasteiger charge is 2.50. The standard InChI is InChI=1S/C24H34O3Si/c1-19-17-20(18-25)27-23(19)15-16-26-28(24(2,3)4,21-11-7-5-8-12-21)22-13-9-6-10-14-22/h5-14,19-20,23,25H,15-18H2,1-4H3/t19-,20-,23+/m1/s1. The Kier molecular flexibility index (Phi) is 6.76. The normalized spacial score (nSPS) is 23.1. The predicted molar refractivity (Wildman–Crippen MR) is 118 cm³/mol. The van der Waals surface area contributed by atoms with Crippen molar-refractivity contribution in [2.45, 2.75) is 57.8 Å². The maximum atomic E-state index is 9.41. The van der Waals surface area contributed by atoms with Crippen molar-refractivity contribution in [2.24, 2.45) is 5.92 Å². The molecule has 0 spiro atoms. The van der Waals surface area contributed by atoms with Crippen molar-refractivity contribution in [1.82, 2.24) is 0 Å². The van der Waals surface area contributed by atoms with Gasteiger partial charge in [-0.15, -0.1) is 0 Å². The van der Waals surface area contributed by atoms with E-state index in [1.807, 2.05) is 0 Å². The summed E-state index contributed by atoms with van der Waals surface area (Å²) in [4.78, 5) is 0. The lowest BCUT2D eigenvalue weighted by Crippen LogP contribution is -2.66. The van der Waals surface area contributed by atoms with Crippen LogP contribution in [0.15, 0.2) is 60.7 Å². The van der Waals surface area contributed by atoms with Crippen LogP contribution in [0.4, 0.5) is 0 Å². The second-order valence-electron chi connectivity index (χ2n) is 8.99. The number of aliphatic hydroxyl groups excluding tert-OH is 1. The van der Waals surface area contributed by atoms with Crippen LogP contribution in [-0.2, 0) is 9.16 Å². The van der Waals surface area contributed by atoms with Crippen molar-refractivity contribution < 1.29 is 14.3 Å². The molecule has 0 bridgehead atoms. The summed E-state index contributed by atoms with van der Waals surface area (Å²) in [5, 5.41) is 12.0. The number of rotatable bonds is 7. The molecule has 3 atom stereocenters. The van der Waals surface area contributed by atoms with Gasteiger partial charge in [0.05, 0.1) is 18.8 Å². The summed E-state index contributed by atoms with van der Waals surface area (Å²) in [5.74, 6) is 0.458. The summed E-state index contributed by atoms with van der Waals surface area (Å²) in [6, 6.07) is 21.5. The molecule has 3 rings (SSSR count). The summed E-state index contributed by atoms with van der Waals surface area (Å²) < 4.78 is 13.0. The van der Waals surface area contributed by atoms with Gasteiger partial charge in [-0.2, -0.15) is 0 Å². The van der Waals surface area contributed by atoms with Crippen LogP contribution in [0.1, 0.15) is 40.5 Å². The lowest BCUT2D eigenvalue weighted by molar-refractivity contribution is -0.00300. The average molecular weight is 399 g/mol. The van der Waals surface area contributed by atoms with E-state index in [0.29, 0.717) is 12.5 Å². The molecule has 0 amide bonds. The third kappa shape index (κ3) is 4.25. The van der Waals surface area contributed by atoms with E-state index in [2.05, 4.69) is 88.4 Å². The van der Waals surface area contributed by atoms with E-state index < -0.39 is 8.32 Å². The van der Waals surface area contributed by atoms with Crippen molar-refractivity contribution in [3.8, 4) is 0 Å². The van der Waals surface area contributed by atoms with E-state index >= 15 is 0 Å². The van der Waals surface area contributed by atoms with E-state index in [4.69, 9.17) is 9.16 Å². The molecule has 1 fully saturated rings. The molecule has 0 unspecified atom stereocenters. The minimum Gasteiger partial charge on any atom is -0.407 e. The fraction of sp³-hybridized carbons (Fsp3) is 0.500. The number of aliphatic hydroxyl groups is 1. The molecule has 1 N–H and O–H groups in total. The molecule has 2 aromatic rings. The van der Waals surface area contributed by atoms with Gasteiger partial charge in [-0.05, 0) is 34.2 Å². The molecule has 1 heterocycles. The highest BCUT2D eigenvalue weighted by Crippen LogP contribution is 2.37. The SMILES string of the molecule is C[C@@H]1C[C@H](CO)O[C@H]1CCO[Si](c1ccccc1)(c1ccccc1)C(C)(C)C. The van der Waals surface area contributed by atoms with Crippen molar-refractivity contribution in [3.63, 3.8) is 0 Å². The summed E-state index contributed by atoms with van der Waals surface area (Å²) in [6.07, 6.45) is 1.94. The monoisotopic (exact) mass is 398 g/mol. The van der Waals surface area contributed by atoms with Gasteiger partial charge in [0.1, 0.15) is 0 Å². The summed E-state index contributed by atoms with van der Waals surface area (Å²) in [7, 11) is -2.47. The van der Waals surface area contributed by atoms with E-state index in [1.165, 1.54) is 10.4 Å². The Bertz CT molecular complexity index is 687. The number of benzene rings is 2. The Morgan fingerprint density at radius 3 is 1.96 bits per heavy atom. The molecule has 2 aromatic carbocycles. The molecule has 1 aliphatic heterocycles. The number of hydrogen-bond acceptors (Lipinski definition) is 3. The Balaban J connectivity index is 1.89. The van der Waals surface area contributed by atoms with E-state index in [-0.39, 0.29) is 23.9 Å². The van der Waals surface area contributed by atoms with Gasteiger partial charge in [0, 0.05) is 6.61 Å². The Morgan fingerprint density at radius 2 is 1.54 bits per heavy atom. The van der Waals surface area contributed by atoms with Gasteiger partial charge in [0.15, 0.2) is 0 Å². The van der Waals surface area contributed by atoms with E-state index in [0.717, 1.165) is 12.8 Å². The lowest BCUT2D eigenvalue weighted by atomic mass is 10.00. The fourth-order valence-electron chi connectivity index (χ4n) is 4.56. The zero-order valence-corrected chi connectivity index (χ0v) is 18.6. The molecular formula is C24H34O3Si. The quantitative estimate of drug-likeness (QED) is 0.722. The summed E-state index contributed by atoms with van der Waals surface area (Å²) >= 11 is 0. The van der Waals surface area contributed by atoms with Crippen LogP contribution in [0.2, 0.25) is 5.04 Å². The molecule has 152 valence electrons. The van der Waals surface area contributed by atoms with Crippen molar-refractivity contribution in [3.05, 3.63) is 60.7 Å². The molecule has 1 aliphatic rings. The lowest BCUT2D eigenvalue weighted by Gasteiger charge is -2.43. The predicted octanol–water partition coefficient (Wildman–Crippen LogP) is 3.74. The van der Waals surface area contributed by atoms with E-state index in [1.54, 1.807) is 0 Å². The number of hydrogen-bond donors (Lipinski definition) is 1. The first-order chi connectivity index (χ1) is 13.4. The highest BCUT2D eigenvalue weighted by molar-refractivity contribution is 6.99. The van der Waals surface area contributed by atoms with Gasteiger partial charge in [-0.25, -0.2) is 0 Å². The Morgan fingerprint density at radius 1 is 1.00 bits per heavy atom. The van der Waals surface area contributed by atoms with Crippen molar-refractivity contribution in [2.75, 3.05) is 13.2 Å². The maximum absolute atomic E-state index is 9.41. The first kappa shape index (κ1) is 21.3. The van der Waals surface area contributed by atoms with Gasteiger partial charge in [0.2, 0.25) is 0 Å². The van der Waals surface area contributed by atoms with Gasteiger partial charge in [-0.3, -0.25) is 0 Å². The first-order valence-electron chi connectivity index (χ1n) is 10.4. The van der Waals surface area contributed by atoms with Crippen LogP contribution in [0.25, 0.3) is 0 Å². The second kappa shape index (κ2) is 8.91. The van der Waals surface area contributed by atoms with Crippen LogP contribution >= 0.6 is 0 Å². The molecule has 1 saturated heterocycles. The minimum absolute atomic E-state index is 0.00844. The molecule has 3 nitrogen and oxygen atoms in total. The van der Waals surface area contributed by atoms with Gasteiger partial charge in [-0.1, -0.05) is 88.4 Å². The molecule has 0 saturated carbocycles. The first-order valence-corrected chi connectivity index (χ1v) is 12.3. The van der Waals surface area contributed by atoms with Crippen LogP contribution in [0.3, 0.4) is 0 Å². The molecule has 28 heavy (non-hydrogen) atoms. The zero-order valence-electron chi connectivity index (χ0n) is 17.6. The van der Waals surface area contributed by atoms with Crippen molar-refractivity contribution >= 4 is 18.7 Å².